The number of hydrazone groups is 1. The Kier molecular flexibility index (Phi) is 6.61. The fourth-order valence-corrected chi connectivity index (χ4v) is 3.66. The van der Waals surface area contributed by atoms with Gasteiger partial charge in [-0.05, 0) is 81.6 Å². The molecule has 0 radical (unpaired) electrons. The Morgan fingerprint density at radius 1 is 0.935 bits per heavy atom. The Balaban J connectivity index is 1.70. The number of anilines is 1. The number of amides is 2. The summed E-state index contributed by atoms with van der Waals surface area (Å²) in [6.45, 7) is 9.74. The average Bonchev–Trinajstić information content (AvgIpc) is 2.96. The molecule has 0 unspecified atom stereocenters. The summed E-state index contributed by atoms with van der Waals surface area (Å²) in [6.07, 6.45) is 1.52. The molecule has 0 fully saturated rings. The molecule has 0 aliphatic carbocycles. The highest BCUT2D eigenvalue weighted by atomic mass is 35.5. The molecule has 160 valence electrons. The molecule has 1 heterocycles. The van der Waals surface area contributed by atoms with E-state index in [-0.39, 0.29) is 0 Å². The number of carbonyl (C=O) groups is 2. The molecule has 0 spiro atoms. The van der Waals surface area contributed by atoms with Gasteiger partial charge < -0.3 is 9.88 Å². The first kappa shape index (κ1) is 22.3. The maximum atomic E-state index is 12.1. The second-order valence-corrected chi connectivity index (χ2v) is 8.03. The molecular weight excluding hydrogens is 412 g/mol. The highest BCUT2D eigenvalue weighted by Gasteiger charge is 2.14. The van der Waals surface area contributed by atoms with Gasteiger partial charge >= 0.3 is 11.8 Å². The lowest BCUT2D eigenvalue weighted by Gasteiger charge is -2.11. The van der Waals surface area contributed by atoms with Crippen LogP contribution < -0.4 is 10.7 Å². The summed E-state index contributed by atoms with van der Waals surface area (Å²) < 4.78 is 2.06. The van der Waals surface area contributed by atoms with Crippen molar-refractivity contribution in [1.29, 1.82) is 0 Å². The van der Waals surface area contributed by atoms with Crippen LogP contribution in [0.3, 0.4) is 0 Å². The van der Waals surface area contributed by atoms with Crippen LogP contribution in [0.2, 0.25) is 5.02 Å². The van der Waals surface area contributed by atoms with Gasteiger partial charge in [0.25, 0.3) is 0 Å². The van der Waals surface area contributed by atoms with E-state index in [0.717, 1.165) is 39.3 Å². The molecule has 0 bridgehead atoms. The number of benzene rings is 2. The molecule has 0 aliphatic rings. The number of aryl methyl sites for hydroxylation is 4. The molecule has 0 atom stereocenters. The predicted molar refractivity (Wildman–Crippen MR) is 125 cm³/mol. The lowest BCUT2D eigenvalue weighted by Crippen LogP contribution is -2.32. The van der Waals surface area contributed by atoms with Crippen molar-refractivity contribution in [1.82, 2.24) is 9.99 Å². The van der Waals surface area contributed by atoms with Crippen LogP contribution in [-0.2, 0) is 9.59 Å². The summed E-state index contributed by atoms with van der Waals surface area (Å²) in [5.74, 6) is -1.61. The number of rotatable bonds is 4. The maximum absolute atomic E-state index is 12.1. The Labute approximate surface area is 186 Å². The van der Waals surface area contributed by atoms with Crippen LogP contribution in [0, 0.1) is 34.6 Å². The minimum absolute atomic E-state index is 0.571. The molecule has 3 rings (SSSR count). The first-order chi connectivity index (χ1) is 14.7. The molecule has 31 heavy (non-hydrogen) atoms. The van der Waals surface area contributed by atoms with E-state index in [0.29, 0.717) is 10.7 Å². The first-order valence-corrected chi connectivity index (χ1v) is 10.2. The zero-order valence-corrected chi connectivity index (χ0v) is 19.0. The molecule has 1 aromatic heterocycles. The summed E-state index contributed by atoms with van der Waals surface area (Å²) in [6, 6.07) is 13.4. The zero-order valence-electron chi connectivity index (χ0n) is 18.2. The number of halogens is 1. The van der Waals surface area contributed by atoms with Gasteiger partial charge in [0, 0.05) is 33.3 Å². The van der Waals surface area contributed by atoms with Gasteiger partial charge in [0.1, 0.15) is 0 Å². The lowest BCUT2D eigenvalue weighted by atomic mass is 10.1. The normalized spacial score (nSPS) is 11.0. The van der Waals surface area contributed by atoms with Crippen molar-refractivity contribution in [2.45, 2.75) is 34.6 Å². The second kappa shape index (κ2) is 9.18. The van der Waals surface area contributed by atoms with Crippen molar-refractivity contribution in [3.63, 3.8) is 0 Å². The van der Waals surface area contributed by atoms with E-state index >= 15 is 0 Å². The van der Waals surface area contributed by atoms with Crippen molar-refractivity contribution in [2.75, 3.05) is 5.32 Å². The molecule has 2 aromatic carbocycles. The van der Waals surface area contributed by atoms with E-state index < -0.39 is 11.8 Å². The highest BCUT2D eigenvalue weighted by Crippen LogP contribution is 2.24. The minimum atomic E-state index is -0.838. The topological polar surface area (TPSA) is 75.5 Å². The van der Waals surface area contributed by atoms with E-state index in [1.54, 1.807) is 12.1 Å². The van der Waals surface area contributed by atoms with Crippen LogP contribution in [0.15, 0.2) is 47.6 Å². The van der Waals surface area contributed by atoms with Gasteiger partial charge in [-0.15, -0.1) is 0 Å². The standard InChI is InChI=1S/C24H25ClN4O2/c1-14-8-15(2)10-20(9-14)27-23(30)24(31)28-26-13-19-11-17(4)29(18(19)5)21-7-6-16(3)22(25)12-21/h6-13H,1-5H3,(H,27,30)(H,28,31)/b26-13-. The molecule has 0 aliphatic heterocycles. The van der Waals surface area contributed by atoms with E-state index in [2.05, 4.69) is 20.4 Å². The first-order valence-electron chi connectivity index (χ1n) is 9.84. The SMILES string of the molecule is Cc1cc(C)cc(NC(=O)C(=O)N/N=C\c2cc(C)n(-c3ccc(C)c(Cl)c3)c2C)c1. The second-order valence-electron chi connectivity index (χ2n) is 7.63. The molecule has 2 N–H and O–H groups in total. The summed E-state index contributed by atoms with van der Waals surface area (Å²) in [5, 5.41) is 7.24. The molecular formula is C24H25ClN4O2. The van der Waals surface area contributed by atoms with Crippen LogP contribution >= 0.6 is 11.6 Å². The largest absolute Gasteiger partial charge is 0.329 e. The van der Waals surface area contributed by atoms with Gasteiger partial charge in [-0.25, -0.2) is 5.43 Å². The highest BCUT2D eigenvalue weighted by molar-refractivity contribution is 6.39. The average molecular weight is 437 g/mol. The van der Waals surface area contributed by atoms with Gasteiger partial charge in [-0.2, -0.15) is 5.10 Å². The number of hydrogen-bond donors (Lipinski definition) is 2. The third-order valence-electron chi connectivity index (χ3n) is 4.94. The van der Waals surface area contributed by atoms with E-state index in [4.69, 9.17) is 11.6 Å². The predicted octanol–water partition coefficient (Wildman–Crippen LogP) is 4.76. The Hall–Kier alpha value is -3.38. The van der Waals surface area contributed by atoms with Crippen LogP contribution in [0.5, 0.6) is 0 Å². The quantitative estimate of drug-likeness (QED) is 0.351. The number of aromatic nitrogens is 1. The number of carbonyl (C=O) groups excluding carboxylic acids is 2. The fourth-order valence-electron chi connectivity index (χ4n) is 3.48. The molecule has 7 heteroatoms. The number of hydrogen-bond acceptors (Lipinski definition) is 3. The van der Waals surface area contributed by atoms with Gasteiger partial charge in [0.15, 0.2) is 0 Å². The third kappa shape index (κ3) is 5.22. The summed E-state index contributed by atoms with van der Waals surface area (Å²) >= 11 is 6.27. The van der Waals surface area contributed by atoms with Crippen LogP contribution in [0.4, 0.5) is 5.69 Å². The van der Waals surface area contributed by atoms with Crippen LogP contribution in [0.1, 0.15) is 33.6 Å². The van der Waals surface area contributed by atoms with Crippen molar-refractivity contribution in [3.05, 3.63) is 81.1 Å². The Morgan fingerprint density at radius 3 is 2.26 bits per heavy atom. The van der Waals surface area contributed by atoms with Crippen LogP contribution in [0.25, 0.3) is 5.69 Å². The van der Waals surface area contributed by atoms with Gasteiger partial charge in [0.05, 0.1) is 6.21 Å². The maximum Gasteiger partial charge on any atom is 0.329 e. The number of nitrogens with zero attached hydrogens (tertiary/aromatic N) is 2. The molecule has 0 saturated carbocycles. The van der Waals surface area contributed by atoms with Crippen molar-refractivity contribution >= 4 is 35.3 Å². The smallest absolute Gasteiger partial charge is 0.318 e. The van der Waals surface area contributed by atoms with Crippen LogP contribution in [-0.4, -0.2) is 22.6 Å². The summed E-state index contributed by atoms with van der Waals surface area (Å²) in [7, 11) is 0. The van der Waals surface area contributed by atoms with Crippen molar-refractivity contribution < 1.29 is 9.59 Å². The van der Waals surface area contributed by atoms with Crippen molar-refractivity contribution in [3.8, 4) is 5.69 Å². The van der Waals surface area contributed by atoms with Gasteiger partial charge in [-0.1, -0.05) is 23.7 Å². The number of nitrogens with one attached hydrogen (secondary N) is 2. The minimum Gasteiger partial charge on any atom is -0.318 e. The Bertz CT molecular complexity index is 1170. The summed E-state index contributed by atoms with van der Waals surface area (Å²) in [5.41, 5.74) is 9.57. The lowest BCUT2D eigenvalue weighted by molar-refractivity contribution is -0.136. The molecule has 0 saturated heterocycles. The van der Waals surface area contributed by atoms with Crippen molar-refractivity contribution in [2.24, 2.45) is 5.10 Å². The monoisotopic (exact) mass is 436 g/mol. The van der Waals surface area contributed by atoms with E-state index in [1.807, 2.05) is 65.0 Å². The van der Waals surface area contributed by atoms with E-state index in [9.17, 15) is 9.59 Å². The van der Waals surface area contributed by atoms with Gasteiger partial charge in [0.2, 0.25) is 0 Å². The Morgan fingerprint density at radius 2 is 1.61 bits per heavy atom. The van der Waals surface area contributed by atoms with Gasteiger partial charge in [-0.3, -0.25) is 9.59 Å². The zero-order chi connectivity index (χ0) is 22.7. The molecule has 2 amide bonds. The molecule has 6 nitrogen and oxygen atoms in total. The third-order valence-corrected chi connectivity index (χ3v) is 5.35. The fraction of sp³-hybridized carbons (Fsp3) is 0.208. The molecule has 3 aromatic rings. The summed E-state index contributed by atoms with van der Waals surface area (Å²) in [4.78, 5) is 24.2. The van der Waals surface area contributed by atoms with E-state index in [1.165, 1.54) is 6.21 Å².